The van der Waals surface area contributed by atoms with Gasteiger partial charge in [-0.3, -0.25) is 4.79 Å². The third-order valence-corrected chi connectivity index (χ3v) is 5.12. The second-order valence-corrected chi connectivity index (χ2v) is 8.25. The lowest BCUT2D eigenvalue weighted by atomic mass is 9.73. The second-order valence-electron chi connectivity index (χ2n) is 7.46. The lowest BCUT2D eigenvalue weighted by Crippen LogP contribution is -2.57. The van der Waals surface area contributed by atoms with Crippen molar-refractivity contribution in [1.82, 2.24) is 5.32 Å². The number of nitrogens with one attached hydrogen (secondary N) is 1. The summed E-state index contributed by atoms with van der Waals surface area (Å²) in [6, 6.07) is 0. The van der Waals surface area contributed by atoms with Crippen molar-refractivity contribution in [3.8, 4) is 0 Å². The van der Waals surface area contributed by atoms with E-state index in [2.05, 4.69) is 21.2 Å². The Kier molecular flexibility index (Phi) is 10.3. The molecule has 0 aromatic carbocycles. The number of allylic oxidation sites excluding steroid dienone is 1. The minimum absolute atomic E-state index is 0.159. The Balaban J connectivity index is 2.79. The number of carbonyl (C=O) groups is 1. The number of ether oxygens (including phenoxy) is 3. The summed E-state index contributed by atoms with van der Waals surface area (Å²) in [6.45, 7) is 9.26. The fraction of sp³-hybridized carbons (Fsp3) is 0.842. The smallest absolute Gasteiger partial charge is 0.320 e. The molecule has 26 heavy (non-hydrogen) atoms. The van der Waals surface area contributed by atoms with Crippen LogP contribution in [0, 0.1) is 5.92 Å². The minimum Gasteiger partial charge on any atom is -0.459 e. The van der Waals surface area contributed by atoms with E-state index >= 15 is 0 Å². The Morgan fingerprint density at radius 1 is 1.35 bits per heavy atom. The third kappa shape index (κ3) is 7.27. The van der Waals surface area contributed by atoms with Crippen LogP contribution in [0.25, 0.3) is 0 Å². The Labute approximate surface area is 165 Å². The van der Waals surface area contributed by atoms with Crippen LogP contribution in [0.1, 0.15) is 40.5 Å². The molecule has 0 saturated heterocycles. The highest BCUT2D eigenvalue weighted by Gasteiger charge is 2.49. The van der Waals surface area contributed by atoms with E-state index in [4.69, 9.17) is 14.2 Å². The number of methoxy groups -OCH3 is 1. The molecule has 1 aliphatic carbocycles. The van der Waals surface area contributed by atoms with E-state index < -0.39 is 23.9 Å². The molecule has 1 saturated carbocycles. The monoisotopic (exact) mass is 435 g/mol. The number of alkyl halides is 1. The van der Waals surface area contributed by atoms with E-state index in [0.29, 0.717) is 26.0 Å². The van der Waals surface area contributed by atoms with E-state index in [9.17, 15) is 9.90 Å². The lowest BCUT2D eigenvalue weighted by molar-refractivity contribution is -0.199. The van der Waals surface area contributed by atoms with Gasteiger partial charge in [-0.05, 0) is 40.5 Å². The first kappa shape index (κ1) is 23.6. The van der Waals surface area contributed by atoms with Crippen molar-refractivity contribution in [2.75, 3.05) is 32.1 Å². The molecule has 152 valence electrons. The number of rotatable bonds is 10. The van der Waals surface area contributed by atoms with Gasteiger partial charge in [0.1, 0.15) is 12.2 Å². The van der Waals surface area contributed by atoms with Gasteiger partial charge in [0, 0.05) is 24.9 Å². The molecule has 1 fully saturated rings. The average Bonchev–Trinajstić information content (AvgIpc) is 2.55. The Morgan fingerprint density at radius 2 is 2.04 bits per heavy atom. The first-order valence-corrected chi connectivity index (χ1v) is 10.3. The van der Waals surface area contributed by atoms with E-state index in [1.165, 1.54) is 5.57 Å². The highest BCUT2D eigenvalue weighted by Crippen LogP contribution is 2.38. The maximum absolute atomic E-state index is 12.1. The van der Waals surface area contributed by atoms with E-state index in [0.717, 1.165) is 5.33 Å². The molecule has 0 amide bonds. The van der Waals surface area contributed by atoms with Gasteiger partial charge in [-0.15, -0.1) is 0 Å². The van der Waals surface area contributed by atoms with Gasteiger partial charge < -0.3 is 24.6 Å². The fourth-order valence-electron chi connectivity index (χ4n) is 3.40. The van der Waals surface area contributed by atoms with Crippen LogP contribution in [0.15, 0.2) is 11.6 Å². The maximum atomic E-state index is 12.1. The zero-order valence-electron chi connectivity index (χ0n) is 16.6. The molecule has 0 aliphatic heterocycles. The molecular formula is C19H34BrNO5. The van der Waals surface area contributed by atoms with Gasteiger partial charge in [0.25, 0.3) is 0 Å². The van der Waals surface area contributed by atoms with Crippen molar-refractivity contribution >= 4 is 21.9 Å². The number of aliphatic hydroxyl groups excluding tert-OH is 1. The van der Waals surface area contributed by atoms with Crippen molar-refractivity contribution in [3.05, 3.63) is 11.6 Å². The van der Waals surface area contributed by atoms with Crippen molar-refractivity contribution in [2.45, 2.75) is 64.4 Å². The summed E-state index contributed by atoms with van der Waals surface area (Å²) >= 11 is 3.30. The van der Waals surface area contributed by atoms with Gasteiger partial charge in [-0.25, -0.2) is 0 Å². The van der Waals surface area contributed by atoms with E-state index in [-0.39, 0.29) is 18.4 Å². The van der Waals surface area contributed by atoms with Gasteiger partial charge >= 0.3 is 5.97 Å². The summed E-state index contributed by atoms with van der Waals surface area (Å²) in [4.78, 5) is 12.1. The number of hydrogen-bond donors (Lipinski definition) is 2. The molecule has 0 aromatic rings. The van der Waals surface area contributed by atoms with Gasteiger partial charge in [0.2, 0.25) is 0 Å². The van der Waals surface area contributed by atoms with Crippen LogP contribution in [0.3, 0.4) is 0 Å². The van der Waals surface area contributed by atoms with Crippen molar-refractivity contribution in [2.24, 2.45) is 5.92 Å². The molecule has 0 radical (unpaired) electrons. The quantitative estimate of drug-likeness (QED) is 0.237. The van der Waals surface area contributed by atoms with Crippen molar-refractivity contribution < 1.29 is 24.1 Å². The van der Waals surface area contributed by atoms with E-state index in [1.807, 2.05) is 33.8 Å². The summed E-state index contributed by atoms with van der Waals surface area (Å²) < 4.78 is 17.3. The molecule has 0 aromatic heterocycles. The summed E-state index contributed by atoms with van der Waals surface area (Å²) in [5.74, 6) is -0.600. The molecular weight excluding hydrogens is 402 g/mol. The maximum Gasteiger partial charge on any atom is 0.320 e. The second kappa shape index (κ2) is 11.4. The molecule has 0 heterocycles. The Hall–Kier alpha value is -0.470. The normalized spacial score (nSPS) is 26.4. The Morgan fingerprint density at radius 3 is 2.62 bits per heavy atom. The van der Waals surface area contributed by atoms with Gasteiger partial charge in [-0.1, -0.05) is 27.6 Å². The van der Waals surface area contributed by atoms with Crippen molar-refractivity contribution in [3.63, 3.8) is 0 Å². The fourth-order valence-corrected chi connectivity index (χ4v) is 3.68. The predicted octanol–water partition coefficient (Wildman–Crippen LogP) is 2.43. The molecule has 7 heteroatoms. The highest BCUT2D eigenvalue weighted by molar-refractivity contribution is 9.09. The lowest BCUT2D eigenvalue weighted by Gasteiger charge is -2.46. The summed E-state index contributed by atoms with van der Waals surface area (Å²) in [5.41, 5.74) is 0.557. The number of esters is 1. The molecule has 1 rings (SSSR count). The largest absolute Gasteiger partial charge is 0.459 e. The van der Waals surface area contributed by atoms with E-state index in [1.54, 1.807) is 7.11 Å². The SMILES string of the molecule is CO[C@H]1[C@H](C(C)(C)OCC=C(C)C)[C@H](O)CC[C@H]1OC(=O)CNCCBr. The molecule has 0 spiro atoms. The molecule has 0 bridgehead atoms. The van der Waals surface area contributed by atoms with Crippen LogP contribution in [0.5, 0.6) is 0 Å². The zero-order chi connectivity index (χ0) is 19.7. The van der Waals surface area contributed by atoms with Crippen LogP contribution < -0.4 is 5.32 Å². The van der Waals surface area contributed by atoms with Gasteiger partial charge in [0.15, 0.2) is 0 Å². The summed E-state index contributed by atoms with van der Waals surface area (Å²) in [7, 11) is 1.59. The topological polar surface area (TPSA) is 77.0 Å². The molecule has 4 atom stereocenters. The molecule has 2 N–H and O–H groups in total. The first-order valence-electron chi connectivity index (χ1n) is 9.17. The predicted molar refractivity (Wildman–Crippen MR) is 106 cm³/mol. The van der Waals surface area contributed by atoms with Crippen LogP contribution in [0.4, 0.5) is 0 Å². The number of aliphatic hydroxyl groups is 1. The Bertz CT molecular complexity index is 465. The van der Waals surface area contributed by atoms with Crippen molar-refractivity contribution in [1.29, 1.82) is 0 Å². The van der Waals surface area contributed by atoms with Crippen LogP contribution in [-0.2, 0) is 19.0 Å². The minimum atomic E-state index is -0.620. The third-order valence-electron chi connectivity index (χ3n) is 4.73. The average molecular weight is 436 g/mol. The summed E-state index contributed by atoms with van der Waals surface area (Å²) in [6.07, 6.45) is 1.75. The standard InChI is InChI=1S/C19H34BrNO5/c1-13(2)8-11-25-19(3,4)17-14(22)6-7-15(18(17)24-5)26-16(23)12-21-10-9-20/h8,14-15,17-18,21-22H,6-7,9-12H2,1-5H3/t14-,15-,17-,18-/m1/s1. The highest BCUT2D eigenvalue weighted by atomic mass is 79.9. The summed E-state index contributed by atoms with van der Waals surface area (Å²) in [5, 5.41) is 14.4. The number of carbonyl (C=O) groups excluding carboxylic acids is 1. The molecule has 0 unspecified atom stereocenters. The van der Waals surface area contributed by atoms with Crippen LogP contribution in [0.2, 0.25) is 0 Å². The molecule has 1 aliphatic rings. The zero-order valence-corrected chi connectivity index (χ0v) is 18.2. The first-order chi connectivity index (χ1) is 12.2. The van der Waals surface area contributed by atoms with Crippen LogP contribution in [-0.4, -0.2) is 67.1 Å². The molecule has 6 nitrogen and oxygen atoms in total. The van der Waals surface area contributed by atoms with Crippen LogP contribution >= 0.6 is 15.9 Å². The van der Waals surface area contributed by atoms with Gasteiger partial charge in [-0.2, -0.15) is 0 Å². The van der Waals surface area contributed by atoms with Gasteiger partial charge in [0.05, 0.1) is 24.9 Å². The number of hydrogen-bond acceptors (Lipinski definition) is 6. The number of halogens is 1.